The summed E-state index contributed by atoms with van der Waals surface area (Å²) in [5.41, 5.74) is 7.21. The third-order valence-electron chi connectivity index (χ3n) is 6.31. The first-order chi connectivity index (χ1) is 15.0. The Morgan fingerprint density at radius 2 is 1.74 bits per heavy atom. The Kier molecular flexibility index (Phi) is 5.18. The number of fused-ring (bicyclic) bond motifs is 2. The molecule has 0 saturated carbocycles. The van der Waals surface area contributed by atoms with E-state index in [1.807, 2.05) is 24.4 Å². The lowest BCUT2D eigenvalue weighted by atomic mass is 9.88. The number of amides is 1. The fraction of sp³-hybridized carbons (Fsp3) is 0.240. The predicted octanol–water partition coefficient (Wildman–Crippen LogP) is 4.98. The molecule has 2 aliphatic rings. The fourth-order valence-electron chi connectivity index (χ4n) is 4.68. The number of benzene rings is 1. The number of hydrogen-bond donors (Lipinski definition) is 0. The number of hydrogen-bond acceptors (Lipinski definition) is 4. The van der Waals surface area contributed by atoms with E-state index in [-0.39, 0.29) is 13.1 Å². The van der Waals surface area contributed by atoms with Gasteiger partial charge in [-0.15, -0.1) is 0 Å². The minimum absolute atomic E-state index is 0.220. The van der Waals surface area contributed by atoms with Gasteiger partial charge in [0.2, 0.25) is 0 Å². The standard InChI is InChI=1S/C25H22ClN3O2/c26-21-7-8-22-19(15-21)6-5-18-3-2-12-28-24(18)23(22)17-9-13-29(31,14-10-17)25(30)20-4-1-11-27-16-20/h1-4,7-8,11-12,15-16H,5-6,9-10,13-14H2. The fourth-order valence-corrected chi connectivity index (χ4v) is 4.87. The van der Waals surface area contributed by atoms with Gasteiger partial charge < -0.3 is 5.21 Å². The molecule has 1 fully saturated rings. The van der Waals surface area contributed by atoms with E-state index in [9.17, 15) is 10.0 Å². The van der Waals surface area contributed by atoms with Crippen LogP contribution in [0.3, 0.4) is 0 Å². The molecule has 0 spiro atoms. The maximum absolute atomic E-state index is 13.4. The number of piperidine rings is 1. The average molecular weight is 432 g/mol. The smallest absolute Gasteiger partial charge is 0.347 e. The molecule has 0 radical (unpaired) electrons. The van der Waals surface area contributed by atoms with Crippen LogP contribution < -0.4 is 0 Å². The van der Waals surface area contributed by atoms with E-state index in [0.717, 1.165) is 34.7 Å². The normalized spacial score (nSPS) is 20.6. The lowest BCUT2D eigenvalue weighted by Crippen LogP contribution is -2.51. The number of rotatable bonds is 1. The number of aromatic nitrogens is 2. The molecule has 156 valence electrons. The molecule has 1 amide bonds. The summed E-state index contributed by atoms with van der Waals surface area (Å²) >= 11 is 6.29. The van der Waals surface area contributed by atoms with Crippen molar-refractivity contribution in [3.8, 4) is 0 Å². The van der Waals surface area contributed by atoms with E-state index in [0.29, 0.717) is 18.4 Å². The van der Waals surface area contributed by atoms with Crippen molar-refractivity contribution in [3.63, 3.8) is 0 Å². The van der Waals surface area contributed by atoms with Crippen LogP contribution in [-0.2, 0) is 12.8 Å². The molecule has 0 unspecified atom stereocenters. The highest BCUT2D eigenvalue weighted by atomic mass is 35.5. The second-order valence-electron chi connectivity index (χ2n) is 8.17. The molecule has 1 aromatic carbocycles. The molecule has 31 heavy (non-hydrogen) atoms. The topological polar surface area (TPSA) is 65.9 Å². The van der Waals surface area contributed by atoms with Crippen LogP contribution in [0.5, 0.6) is 0 Å². The minimum Gasteiger partial charge on any atom is -0.625 e. The average Bonchev–Trinajstić information content (AvgIpc) is 2.96. The monoisotopic (exact) mass is 431 g/mol. The Morgan fingerprint density at radius 1 is 0.968 bits per heavy atom. The molecule has 0 bridgehead atoms. The van der Waals surface area contributed by atoms with Crippen molar-refractivity contribution >= 4 is 23.1 Å². The first kappa shape index (κ1) is 20.1. The maximum Gasteiger partial charge on any atom is 0.347 e. The van der Waals surface area contributed by atoms with Crippen LogP contribution in [0.15, 0.2) is 66.6 Å². The van der Waals surface area contributed by atoms with Gasteiger partial charge in [0, 0.05) is 42.0 Å². The van der Waals surface area contributed by atoms with Crippen molar-refractivity contribution in [2.45, 2.75) is 25.7 Å². The van der Waals surface area contributed by atoms with Crippen LogP contribution >= 0.6 is 11.6 Å². The number of halogens is 1. The quantitative estimate of drug-likeness (QED) is 0.402. The van der Waals surface area contributed by atoms with Crippen LogP contribution in [0.1, 0.15) is 45.6 Å². The van der Waals surface area contributed by atoms with E-state index in [1.54, 1.807) is 18.3 Å². The van der Waals surface area contributed by atoms with E-state index < -0.39 is 10.6 Å². The SMILES string of the molecule is O=C(c1cccnc1)[N+]1([O-])CCC(=C2c3ccc(Cl)cc3CCc3cccnc32)CC1. The summed E-state index contributed by atoms with van der Waals surface area (Å²) < 4.78 is -0.842. The third-order valence-corrected chi connectivity index (χ3v) is 6.55. The molecule has 1 saturated heterocycles. The van der Waals surface area contributed by atoms with Crippen LogP contribution in [0.25, 0.3) is 5.57 Å². The Morgan fingerprint density at radius 3 is 2.52 bits per heavy atom. The Hall–Kier alpha value is -2.86. The maximum atomic E-state index is 13.4. The largest absolute Gasteiger partial charge is 0.625 e. The van der Waals surface area contributed by atoms with E-state index in [1.165, 1.54) is 22.9 Å². The van der Waals surface area contributed by atoms with Crippen molar-refractivity contribution in [1.29, 1.82) is 0 Å². The molecule has 5 nitrogen and oxygen atoms in total. The summed E-state index contributed by atoms with van der Waals surface area (Å²) in [5, 5.41) is 14.1. The van der Waals surface area contributed by atoms with Gasteiger partial charge in [0.1, 0.15) is 0 Å². The molecular weight excluding hydrogens is 410 g/mol. The summed E-state index contributed by atoms with van der Waals surface area (Å²) in [4.78, 5) is 21.6. The summed E-state index contributed by atoms with van der Waals surface area (Å²) in [7, 11) is 0. The van der Waals surface area contributed by atoms with Gasteiger partial charge in [-0.25, -0.2) is 4.79 Å². The first-order valence-electron chi connectivity index (χ1n) is 10.5. The second kappa shape index (κ2) is 8.00. The van der Waals surface area contributed by atoms with Gasteiger partial charge in [-0.05, 0) is 65.4 Å². The number of nitrogens with zero attached hydrogens (tertiary/aromatic N) is 3. The molecule has 5 rings (SSSR count). The highest BCUT2D eigenvalue weighted by Gasteiger charge is 2.34. The van der Waals surface area contributed by atoms with Gasteiger partial charge in [0.05, 0.1) is 24.3 Å². The predicted molar refractivity (Wildman–Crippen MR) is 120 cm³/mol. The van der Waals surface area contributed by atoms with E-state index in [2.05, 4.69) is 17.1 Å². The van der Waals surface area contributed by atoms with E-state index >= 15 is 0 Å². The Balaban J connectivity index is 1.54. The summed E-state index contributed by atoms with van der Waals surface area (Å²) in [6, 6.07) is 13.5. The van der Waals surface area contributed by atoms with Gasteiger partial charge >= 0.3 is 5.91 Å². The second-order valence-corrected chi connectivity index (χ2v) is 8.61. The zero-order valence-electron chi connectivity index (χ0n) is 17.1. The first-order valence-corrected chi connectivity index (χ1v) is 10.9. The Labute approximate surface area is 186 Å². The number of hydroxylamine groups is 3. The zero-order chi connectivity index (χ0) is 21.4. The number of carbonyl (C=O) groups is 1. The van der Waals surface area contributed by atoms with Gasteiger partial charge in [0.25, 0.3) is 0 Å². The van der Waals surface area contributed by atoms with Crippen LogP contribution in [0, 0.1) is 5.21 Å². The molecule has 3 heterocycles. The van der Waals surface area contributed by atoms with Crippen LogP contribution in [0.4, 0.5) is 0 Å². The van der Waals surface area contributed by atoms with Gasteiger partial charge in [0.15, 0.2) is 0 Å². The molecule has 2 aromatic heterocycles. The molecule has 6 heteroatoms. The minimum atomic E-state index is -0.842. The van der Waals surface area contributed by atoms with Gasteiger partial charge in [-0.2, -0.15) is 0 Å². The molecule has 0 atom stereocenters. The summed E-state index contributed by atoms with van der Waals surface area (Å²) in [6.07, 6.45) is 7.81. The summed E-state index contributed by atoms with van der Waals surface area (Å²) in [5.74, 6) is -0.413. The number of likely N-dealkylation sites (tertiary alicyclic amines) is 1. The van der Waals surface area contributed by atoms with Gasteiger partial charge in [-0.1, -0.05) is 23.7 Å². The number of pyridine rings is 2. The molecule has 3 aromatic rings. The van der Waals surface area contributed by atoms with Crippen molar-refractivity contribution in [3.05, 3.63) is 105 Å². The number of carbonyl (C=O) groups excluding carboxylic acids is 1. The molecule has 1 aliphatic carbocycles. The van der Waals surface area contributed by atoms with Crippen LogP contribution in [0.2, 0.25) is 5.02 Å². The lowest BCUT2D eigenvalue weighted by molar-refractivity contribution is -0.801. The highest BCUT2D eigenvalue weighted by molar-refractivity contribution is 6.30. The molecule has 0 N–H and O–H groups in total. The molecular formula is C25H22ClN3O2. The van der Waals surface area contributed by atoms with Gasteiger partial charge in [-0.3, -0.25) is 14.6 Å². The zero-order valence-corrected chi connectivity index (χ0v) is 17.8. The summed E-state index contributed by atoms with van der Waals surface area (Å²) in [6.45, 7) is 0.440. The van der Waals surface area contributed by atoms with Crippen molar-refractivity contribution in [2.75, 3.05) is 13.1 Å². The third kappa shape index (κ3) is 3.69. The van der Waals surface area contributed by atoms with Crippen molar-refractivity contribution in [1.82, 2.24) is 9.97 Å². The lowest BCUT2D eigenvalue weighted by Gasteiger charge is -2.43. The van der Waals surface area contributed by atoms with Crippen molar-refractivity contribution < 1.29 is 9.44 Å². The van der Waals surface area contributed by atoms with E-state index in [4.69, 9.17) is 16.6 Å². The highest BCUT2D eigenvalue weighted by Crippen LogP contribution is 2.39. The number of quaternary nitrogens is 1. The van der Waals surface area contributed by atoms with Crippen LogP contribution in [-0.4, -0.2) is 33.6 Å². The Bertz CT molecular complexity index is 1180. The molecule has 1 aliphatic heterocycles. The van der Waals surface area contributed by atoms with Crippen molar-refractivity contribution in [2.24, 2.45) is 0 Å². The number of aryl methyl sites for hydroxylation is 2.